The van der Waals surface area contributed by atoms with Gasteiger partial charge in [-0.15, -0.1) is 0 Å². The number of hydrogen-bond acceptors (Lipinski definition) is 5. The highest BCUT2D eigenvalue weighted by Crippen LogP contribution is 2.08. The van der Waals surface area contributed by atoms with E-state index in [9.17, 15) is 9.59 Å². The number of carbonyl (C=O) groups excluding carboxylic acids is 2. The summed E-state index contributed by atoms with van der Waals surface area (Å²) in [6.45, 7) is 2.47. The van der Waals surface area contributed by atoms with Gasteiger partial charge in [-0.3, -0.25) is 14.6 Å². The largest absolute Gasteiger partial charge is 0.351 e. The van der Waals surface area contributed by atoms with Crippen LogP contribution in [0.15, 0.2) is 29.8 Å². The number of aromatic nitrogens is 2. The van der Waals surface area contributed by atoms with Crippen LogP contribution < -0.4 is 10.6 Å². The third-order valence-corrected chi connectivity index (χ3v) is 3.55. The Labute approximate surface area is 126 Å². The highest BCUT2D eigenvalue weighted by atomic mass is 32.1. The zero-order valence-corrected chi connectivity index (χ0v) is 12.4. The van der Waals surface area contributed by atoms with Crippen LogP contribution in [0.2, 0.25) is 0 Å². The van der Waals surface area contributed by atoms with Crippen molar-refractivity contribution in [2.75, 3.05) is 6.54 Å². The topological polar surface area (TPSA) is 84.0 Å². The van der Waals surface area contributed by atoms with Crippen molar-refractivity contribution in [3.8, 4) is 0 Å². The van der Waals surface area contributed by atoms with E-state index in [1.165, 1.54) is 11.5 Å². The Kier molecular flexibility index (Phi) is 5.39. The van der Waals surface area contributed by atoms with E-state index in [0.717, 1.165) is 5.69 Å². The SMILES string of the molecule is Cc1nscc1C(=O)NCCC(=O)NCc1ccccn1. The second-order valence-corrected chi connectivity index (χ2v) is 5.05. The predicted octanol–water partition coefficient (Wildman–Crippen LogP) is 1.28. The molecule has 2 rings (SSSR count). The molecule has 0 saturated carbocycles. The van der Waals surface area contributed by atoms with Gasteiger partial charge >= 0.3 is 0 Å². The lowest BCUT2D eigenvalue weighted by Gasteiger charge is -2.06. The molecular formula is C14H16N4O2S. The maximum Gasteiger partial charge on any atom is 0.254 e. The van der Waals surface area contributed by atoms with Crippen molar-refractivity contribution in [3.63, 3.8) is 0 Å². The summed E-state index contributed by atoms with van der Waals surface area (Å²) in [5, 5.41) is 7.16. The Hall–Kier alpha value is -2.28. The first kappa shape index (κ1) is 15.1. The number of nitrogens with one attached hydrogen (secondary N) is 2. The van der Waals surface area contributed by atoms with Crippen molar-refractivity contribution in [2.45, 2.75) is 19.9 Å². The van der Waals surface area contributed by atoms with Gasteiger partial charge in [0.15, 0.2) is 0 Å². The molecule has 0 fully saturated rings. The average molecular weight is 304 g/mol. The number of rotatable bonds is 6. The summed E-state index contributed by atoms with van der Waals surface area (Å²) in [5.41, 5.74) is 2.07. The minimum atomic E-state index is -0.196. The van der Waals surface area contributed by atoms with Gasteiger partial charge in [0.05, 0.1) is 23.5 Å². The molecule has 7 heteroatoms. The summed E-state index contributed by atoms with van der Waals surface area (Å²) in [6.07, 6.45) is 1.91. The van der Waals surface area contributed by atoms with E-state index in [1.54, 1.807) is 18.5 Å². The minimum Gasteiger partial charge on any atom is -0.351 e. The maximum absolute atomic E-state index is 11.8. The fourth-order valence-corrected chi connectivity index (χ4v) is 2.37. The van der Waals surface area contributed by atoms with Crippen LogP contribution in [0.1, 0.15) is 28.2 Å². The molecule has 21 heavy (non-hydrogen) atoms. The molecule has 0 spiro atoms. The van der Waals surface area contributed by atoms with Gasteiger partial charge in [0.1, 0.15) is 0 Å². The lowest BCUT2D eigenvalue weighted by atomic mass is 10.2. The molecule has 6 nitrogen and oxygen atoms in total. The second-order valence-electron chi connectivity index (χ2n) is 4.42. The lowest BCUT2D eigenvalue weighted by molar-refractivity contribution is -0.121. The van der Waals surface area contributed by atoms with Gasteiger partial charge in [-0.25, -0.2) is 0 Å². The predicted molar refractivity (Wildman–Crippen MR) is 79.9 cm³/mol. The van der Waals surface area contributed by atoms with Crippen LogP contribution in [-0.2, 0) is 11.3 Å². The van der Waals surface area contributed by atoms with Gasteiger partial charge in [0.25, 0.3) is 5.91 Å². The van der Waals surface area contributed by atoms with Gasteiger partial charge < -0.3 is 10.6 Å². The van der Waals surface area contributed by atoms with E-state index in [1.807, 2.05) is 18.2 Å². The van der Waals surface area contributed by atoms with E-state index in [2.05, 4.69) is 20.0 Å². The summed E-state index contributed by atoms with van der Waals surface area (Å²) in [7, 11) is 0. The molecule has 2 aromatic heterocycles. The summed E-state index contributed by atoms with van der Waals surface area (Å²) >= 11 is 1.24. The first-order chi connectivity index (χ1) is 10.2. The summed E-state index contributed by atoms with van der Waals surface area (Å²) in [5.74, 6) is -0.320. The normalized spacial score (nSPS) is 10.1. The Balaban J connectivity index is 1.68. The van der Waals surface area contributed by atoms with E-state index >= 15 is 0 Å². The van der Waals surface area contributed by atoms with Crippen molar-refractivity contribution < 1.29 is 9.59 Å². The molecule has 0 atom stereocenters. The number of nitrogens with zero attached hydrogens (tertiary/aromatic N) is 2. The number of pyridine rings is 1. The molecule has 0 aromatic carbocycles. The van der Waals surface area contributed by atoms with Crippen molar-refractivity contribution in [1.82, 2.24) is 20.0 Å². The molecule has 2 amide bonds. The molecule has 0 aliphatic heterocycles. The Morgan fingerprint density at radius 1 is 1.29 bits per heavy atom. The van der Waals surface area contributed by atoms with Crippen LogP contribution in [0, 0.1) is 6.92 Å². The first-order valence-corrected chi connectivity index (χ1v) is 7.36. The Morgan fingerprint density at radius 3 is 2.81 bits per heavy atom. The van der Waals surface area contributed by atoms with Crippen LogP contribution in [0.5, 0.6) is 0 Å². The van der Waals surface area contributed by atoms with E-state index in [-0.39, 0.29) is 18.2 Å². The fraction of sp³-hybridized carbons (Fsp3) is 0.286. The fourth-order valence-electron chi connectivity index (χ4n) is 1.68. The molecule has 2 heterocycles. The average Bonchev–Trinajstić information content (AvgIpc) is 2.92. The van der Waals surface area contributed by atoms with Crippen molar-refractivity contribution in [2.24, 2.45) is 0 Å². The summed E-state index contributed by atoms with van der Waals surface area (Å²) in [6, 6.07) is 5.53. The number of carbonyl (C=O) groups is 2. The summed E-state index contributed by atoms with van der Waals surface area (Å²) in [4.78, 5) is 27.6. The molecule has 110 valence electrons. The molecule has 0 unspecified atom stereocenters. The number of amides is 2. The molecular weight excluding hydrogens is 288 g/mol. The maximum atomic E-state index is 11.8. The van der Waals surface area contributed by atoms with Gasteiger partial charge in [0, 0.05) is 24.5 Å². The van der Waals surface area contributed by atoms with Crippen LogP contribution in [0.25, 0.3) is 0 Å². The van der Waals surface area contributed by atoms with Gasteiger partial charge in [-0.2, -0.15) is 4.37 Å². The van der Waals surface area contributed by atoms with Crippen LogP contribution in [-0.4, -0.2) is 27.7 Å². The quantitative estimate of drug-likeness (QED) is 0.842. The summed E-state index contributed by atoms with van der Waals surface area (Å²) < 4.78 is 4.04. The number of aryl methyl sites for hydroxylation is 1. The van der Waals surface area contributed by atoms with Gasteiger partial charge in [0.2, 0.25) is 5.91 Å². The Morgan fingerprint density at radius 2 is 2.14 bits per heavy atom. The molecule has 2 N–H and O–H groups in total. The van der Waals surface area contributed by atoms with Crippen LogP contribution in [0.3, 0.4) is 0 Å². The standard InChI is InChI=1S/C14H16N4O2S/c1-10-12(9-21-18-10)14(20)16-7-5-13(19)17-8-11-4-2-3-6-15-11/h2-4,6,9H,5,7-8H2,1H3,(H,16,20)(H,17,19). The third-order valence-electron chi connectivity index (χ3n) is 2.83. The zero-order valence-electron chi connectivity index (χ0n) is 11.6. The molecule has 0 bridgehead atoms. The molecule has 0 radical (unpaired) electrons. The van der Waals surface area contributed by atoms with Crippen molar-refractivity contribution in [1.29, 1.82) is 0 Å². The Bertz CT molecular complexity index is 612. The number of hydrogen-bond donors (Lipinski definition) is 2. The monoisotopic (exact) mass is 304 g/mol. The molecule has 0 aliphatic rings. The molecule has 0 aliphatic carbocycles. The van der Waals surface area contributed by atoms with Crippen molar-refractivity contribution >= 4 is 23.3 Å². The third kappa shape index (κ3) is 4.64. The zero-order chi connectivity index (χ0) is 15.1. The van der Waals surface area contributed by atoms with E-state index < -0.39 is 0 Å². The van der Waals surface area contributed by atoms with Gasteiger partial charge in [-0.05, 0) is 30.6 Å². The van der Waals surface area contributed by atoms with Gasteiger partial charge in [-0.1, -0.05) is 6.07 Å². The second kappa shape index (κ2) is 7.49. The highest BCUT2D eigenvalue weighted by Gasteiger charge is 2.11. The van der Waals surface area contributed by atoms with E-state index in [4.69, 9.17) is 0 Å². The first-order valence-electron chi connectivity index (χ1n) is 6.52. The molecule has 2 aromatic rings. The van der Waals surface area contributed by atoms with Crippen LogP contribution in [0.4, 0.5) is 0 Å². The highest BCUT2D eigenvalue weighted by molar-refractivity contribution is 7.03. The lowest BCUT2D eigenvalue weighted by Crippen LogP contribution is -2.30. The van der Waals surface area contributed by atoms with Crippen LogP contribution >= 0.6 is 11.5 Å². The van der Waals surface area contributed by atoms with Crippen molar-refractivity contribution in [3.05, 3.63) is 46.7 Å². The van der Waals surface area contributed by atoms with E-state index in [0.29, 0.717) is 24.3 Å². The minimum absolute atomic E-state index is 0.124. The molecule has 0 saturated heterocycles. The smallest absolute Gasteiger partial charge is 0.254 e.